The molecule has 2 fully saturated rings. The SMILES string of the molecule is CC(C)(C)C1(C2CC2)CCCCCN1. The molecule has 1 atom stereocenters. The maximum atomic E-state index is 3.90. The lowest BCUT2D eigenvalue weighted by Gasteiger charge is -2.46. The zero-order valence-corrected chi connectivity index (χ0v) is 10.0. The Bertz CT molecular complexity index is 190. The van der Waals surface area contributed by atoms with Crippen molar-refractivity contribution in [3.05, 3.63) is 0 Å². The van der Waals surface area contributed by atoms with E-state index in [1.165, 1.54) is 45.1 Å². The highest BCUT2D eigenvalue weighted by molar-refractivity contribution is 5.08. The average molecular weight is 195 g/mol. The predicted octanol–water partition coefficient (Wildman–Crippen LogP) is 3.34. The number of hydrogen-bond donors (Lipinski definition) is 1. The molecule has 2 rings (SSSR count). The van der Waals surface area contributed by atoms with Gasteiger partial charge in [0.2, 0.25) is 0 Å². The normalized spacial score (nSPS) is 35.4. The summed E-state index contributed by atoms with van der Waals surface area (Å²) in [4.78, 5) is 0. The molecular weight excluding hydrogens is 170 g/mol. The van der Waals surface area contributed by atoms with Crippen molar-refractivity contribution in [3.8, 4) is 0 Å². The molecule has 82 valence electrons. The summed E-state index contributed by atoms with van der Waals surface area (Å²) in [5.41, 5.74) is 0.891. The molecule has 1 unspecified atom stereocenters. The van der Waals surface area contributed by atoms with Crippen LogP contribution in [0.2, 0.25) is 0 Å². The molecule has 1 saturated carbocycles. The first-order valence-electron chi connectivity index (χ1n) is 6.31. The molecule has 0 spiro atoms. The zero-order chi connectivity index (χ0) is 10.2. The molecule has 1 nitrogen and oxygen atoms in total. The van der Waals surface area contributed by atoms with Gasteiger partial charge in [-0.1, -0.05) is 33.6 Å². The maximum absolute atomic E-state index is 3.90. The van der Waals surface area contributed by atoms with Gasteiger partial charge >= 0.3 is 0 Å². The zero-order valence-electron chi connectivity index (χ0n) is 10.0. The summed E-state index contributed by atoms with van der Waals surface area (Å²) in [7, 11) is 0. The molecule has 2 aliphatic rings. The van der Waals surface area contributed by atoms with Crippen LogP contribution in [-0.4, -0.2) is 12.1 Å². The van der Waals surface area contributed by atoms with Crippen LogP contribution in [0.5, 0.6) is 0 Å². The third kappa shape index (κ3) is 1.71. The van der Waals surface area contributed by atoms with E-state index in [9.17, 15) is 0 Å². The highest BCUT2D eigenvalue weighted by atomic mass is 15.0. The molecule has 1 heterocycles. The largest absolute Gasteiger partial charge is 0.310 e. The van der Waals surface area contributed by atoms with Crippen molar-refractivity contribution in [2.24, 2.45) is 11.3 Å². The molecule has 0 amide bonds. The number of rotatable bonds is 1. The van der Waals surface area contributed by atoms with Crippen LogP contribution in [0.25, 0.3) is 0 Å². The maximum Gasteiger partial charge on any atom is 0.0257 e. The number of nitrogens with one attached hydrogen (secondary N) is 1. The van der Waals surface area contributed by atoms with E-state index in [1.807, 2.05) is 0 Å². The molecular formula is C13H25N. The Labute approximate surface area is 88.7 Å². The van der Waals surface area contributed by atoms with Crippen LogP contribution in [0.4, 0.5) is 0 Å². The van der Waals surface area contributed by atoms with Crippen LogP contribution in [0.3, 0.4) is 0 Å². The highest BCUT2D eigenvalue weighted by Gasteiger charge is 2.51. The first kappa shape index (κ1) is 10.5. The van der Waals surface area contributed by atoms with Gasteiger partial charge in [-0.05, 0) is 43.6 Å². The Morgan fingerprint density at radius 2 is 1.79 bits per heavy atom. The summed E-state index contributed by atoms with van der Waals surface area (Å²) >= 11 is 0. The minimum absolute atomic E-state index is 0.429. The van der Waals surface area contributed by atoms with E-state index in [1.54, 1.807) is 0 Å². The molecule has 1 saturated heterocycles. The predicted molar refractivity (Wildman–Crippen MR) is 61.4 cm³/mol. The molecule has 1 N–H and O–H groups in total. The summed E-state index contributed by atoms with van der Waals surface area (Å²) in [6.45, 7) is 8.50. The summed E-state index contributed by atoms with van der Waals surface area (Å²) in [6, 6.07) is 0. The lowest BCUT2D eigenvalue weighted by molar-refractivity contribution is 0.105. The minimum atomic E-state index is 0.429. The van der Waals surface area contributed by atoms with Crippen LogP contribution in [0, 0.1) is 11.3 Å². The summed E-state index contributed by atoms with van der Waals surface area (Å²) in [5.74, 6) is 0.973. The van der Waals surface area contributed by atoms with Crippen LogP contribution in [0.1, 0.15) is 59.3 Å². The average Bonchev–Trinajstić information content (AvgIpc) is 2.90. The first-order chi connectivity index (χ1) is 6.56. The quantitative estimate of drug-likeness (QED) is 0.676. The first-order valence-corrected chi connectivity index (χ1v) is 6.31. The summed E-state index contributed by atoms with van der Waals surface area (Å²) < 4.78 is 0. The molecule has 1 aliphatic heterocycles. The van der Waals surface area contributed by atoms with E-state index in [0.717, 1.165) is 5.92 Å². The molecule has 0 bridgehead atoms. The Kier molecular flexibility index (Phi) is 2.63. The van der Waals surface area contributed by atoms with Gasteiger partial charge in [0.05, 0.1) is 0 Å². The van der Waals surface area contributed by atoms with Crippen molar-refractivity contribution in [1.29, 1.82) is 0 Å². The molecule has 0 radical (unpaired) electrons. The smallest absolute Gasteiger partial charge is 0.0257 e. The van der Waals surface area contributed by atoms with E-state index < -0.39 is 0 Å². The monoisotopic (exact) mass is 195 g/mol. The Morgan fingerprint density at radius 1 is 1.07 bits per heavy atom. The van der Waals surface area contributed by atoms with Crippen molar-refractivity contribution in [2.75, 3.05) is 6.54 Å². The van der Waals surface area contributed by atoms with Gasteiger partial charge < -0.3 is 5.32 Å². The Balaban J connectivity index is 2.19. The van der Waals surface area contributed by atoms with Gasteiger partial charge in [-0.2, -0.15) is 0 Å². The fraction of sp³-hybridized carbons (Fsp3) is 1.00. The van der Waals surface area contributed by atoms with E-state index in [2.05, 4.69) is 26.1 Å². The minimum Gasteiger partial charge on any atom is -0.310 e. The van der Waals surface area contributed by atoms with Crippen molar-refractivity contribution >= 4 is 0 Å². The lowest BCUT2D eigenvalue weighted by atomic mass is 9.68. The van der Waals surface area contributed by atoms with Crippen LogP contribution < -0.4 is 5.32 Å². The Morgan fingerprint density at radius 3 is 2.36 bits per heavy atom. The van der Waals surface area contributed by atoms with Gasteiger partial charge in [-0.15, -0.1) is 0 Å². The molecule has 0 aromatic carbocycles. The van der Waals surface area contributed by atoms with E-state index in [0.29, 0.717) is 11.0 Å². The molecule has 1 heteroatoms. The van der Waals surface area contributed by atoms with Gasteiger partial charge in [-0.3, -0.25) is 0 Å². The fourth-order valence-electron chi connectivity index (χ4n) is 3.28. The van der Waals surface area contributed by atoms with E-state index in [-0.39, 0.29) is 0 Å². The molecule has 0 aromatic rings. The lowest BCUT2D eigenvalue weighted by Crippen LogP contribution is -2.56. The van der Waals surface area contributed by atoms with Gasteiger partial charge in [-0.25, -0.2) is 0 Å². The van der Waals surface area contributed by atoms with Crippen molar-refractivity contribution in [3.63, 3.8) is 0 Å². The van der Waals surface area contributed by atoms with Crippen molar-refractivity contribution < 1.29 is 0 Å². The molecule has 14 heavy (non-hydrogen) atoms. The second kappa shape index (κ2) is 3.52. The van der Waals surface area contributed by atoms with Crippen molar-refractivity contribution in [1.82, 2.24) is 5.32 Å². The van der Waals surface area contributed by atoms with Crippen LogP contribution in [0.15, 0.2) is 0 Å². The van der Waals surface area contributed by atoms with E-state index >= 15 is 0 Å². The third-order valence-corrected chi connectivity index (χ3v) is 4.30. The third-order valence-electron chi connectivity index (χ3n) is 4.30. The highest BCUT2D eigenvalue weighted by Crippen LogP contribution is 2.51. The van der Waals surface area contributed by atoms with Gasteiger partial charge in [0.15, 0.2) is 0 Å². The van der Waals surface area contributed by atoms with Crippen molar-refractivity contribution in [2.45, 2.75) is 64.8 Å². The van der Waals surface area contributed by atoms with Gasteiger partial charge in [0, 0.05) is 5.54 Å². The van der Waals surface area contributed by atoms with Gasteiger partial charge in [0.25, 0.3) is 0 Å². The van der Waals surface area contributed by atoms with E-state index in [4.69, 9.17) is 0 Å². The topological polar surface area (TPSA) is 12.0 Å². The number of hydrogen-bond acceptors (Lipinski definition) is 1. The fourth-order valence-corrected chi connectivity index (χ4v) is 3.28. The standard InChI is InChI=1S/C13H25N/c1-12(2,3)13(11-7-8-11)9-5-4-6-10-14-13/h11,14H,4-10H2,1-3H3. The van der Waals surface area contributed by atoms with Gasteiger partial charge in [0.1, 0.15) is 0 Å². The van der Waals surface area contributed by atoms with Crippen LogP contribution in [-0.2, 0) is 0 Å². The second-order valence-corrected chi connectivity index (χ2v) is 6.23. The summed E-state index contributed by atoms with van der Waals surface area (Å²) in [5, 5.41) is 3.90. The summed E-state index contributed by atoms with van der Waals surface area (Å²) in [6.07, 6.45) is 8.57. The second-order valence-electron chi connectivity index (χ2n) is 6.23. The van der Waals surface area contributed by atoms with Crippen LogP contribution >= 0.6 is 0 Å². The molecule has 1 aliphatic carbocycles. The Hall–Kier alpha value is -0.0400. The molecule has 0 aromatic heterocycles.